The van der Waals surface area contributed by atoms with E-state index in [4.69, 9.17) is 9.47 Å². The first-order valence-electron chi connectivity index (χ1n) is 8.50. The molecule has 0 bridgehead atoms. The molecule has 1 aromatic carbocycles. The monoisotopic (exact) mass is 377 g/mol. The van der Waals surface area contributed by atoms with E-state index in [2.05, 4.69) is 16.8 Å². The molecule has 1 aliphatic rings. The van der Waals surface area contributed by atoms with Crippen LogP contribution in [0.2, 0.25) is 0 Å². The molecule has 1 amide bonds. The Morgan fingerprint density at radius 3 is 2.92 bits per heavy atom. The van der Waals surface area contributed by atoms with Gasteiger partial charge in [-0.05, 0) is 42.0 Å². The van der Waals surface area contributed by atoms with E-state index in [-0.39, 0.29) is 12.0 Å². The molecule has 1 fully saturated rings. The summed E-state index contributed by atoms with van der Waals surface area (Å²) < 4.78 is 11.3. The fourth-order valence-corrected chi connectivity index (χ4v) is 4.26. The summed E-state index contributed by atoms with van der Waals surface area (Å²) in [4.78, 5) is 13.2. The van der Waals surface area contributed by atoms with Gasteiger partial charge in [-0.15, -0.1) is 23.1 Å². The molecule has 1 atom stereocenters. The van der Waals surface area contributed by atoms with Crippen molar-refractivity contribution in [2.45, 2.75) is 31.2 Å². The second-order valence-electron chi connectivity index (χ2n) is 5.94. The number of benzene rings is 1. The van der Waals surface area contributed by atoms with Gasteiger partial charge in [0.15, 0.2) is 0 Å². The minimum atomic E-state index is 0.0697. The molecule has 1 saturated heterocycles. The highest BCUT2D eigenvalue weighted by molar-refractivity contribution is 7.99. The van der Waals surface area contributed by atoms with Crippen molar-refractivity contribution in [2.24, 2.45) is 0 Å². The van der Waals surface area contributed by atoms with Crippen LogP contribution in [0.25, 0.3) is 0 Å². The van der Waals surface area contributed by atoms with Gasteiger partial charge in [-0.3, -0.25) is 4.79 Å². The zero-order valence-electron chi connectivity index (χ0n) is 14.1. The van der Waals surface area contributed by atoms with E-state index in [1.165, 1.54) is 4.88 Å². The van der Waals surface area contributed by atoms with Gasteiger partial charge in [0.25, 0.3) is 0 Å². The van der Waals surface area contributed by atoms with E-state index in [9.17, 15) is 4.79 Å². The van der Waals surface area contributed by atoms with E-state index in [1.807, 2.05) is 30.3 Å². The van der Waals surface area contributed by atoms with Gasteiger partial charge in [-0.1, -0.05) is 18.2 Å². The summed E-state index contributed by atoms with van der Waals surface area (Å²) in [6.07, 6.45) is 2.43. The van der Waals surface area contributed by atoms with E-state index in [1.54, 1.807) is 23.1 Å². The Balaban J connectivity index is 1.32. The van der Waals surface area contributed by atoms with Crippen LogP contribution < -0.4 is 10.1 Å². The molecule has 3 rings (SSSR count). The van der Waals surface area contributed by atoms with Crippen molar-refractivity contribution in [3.05, 3.63) is 52.2 Å². The minimum absolute atomic E-state index is 0.0697. The maximum Gasteiger partial charge on any atom is 0.230 e. The zero-order chi connectivity index (χ0) is 17.3. The largest absolute Gasteiger partial charge is 0.491 e. The van der Waals surface area contributed by atoms with Crippen LogP contribution in [0.1, 0.15) is 23.3 Å². The Bertz CT molecular complexity index is 637. The highest BCUT2D eigenvalue weighted by Crippen LogP contribution is 2.18. The van der Waals surface area contributed by atoms with Crippen molar-refractivity contribution in [2.75, 3.05) is 19.0 Å². The fourth-order valence-electron chi connectivity index (χ4n) is 2.56. The standard InChI is InChI=1S/C19H23NO3S2/c21-19(14-24-13-18-4-2-10-25-18)20-11-15-5-7-16(8-6-15)23-12-17-3-1-9-22-17/h2,4-8,10,17H,1,3,9,11-14H2,(H,20,21)/t17-/m1/s1. The van der Waals surface area contributed by atoms with Gasteiger partial charge in [-0.2, -0.15) is 0 Å². The Labute approximate surface area is 156 Å². The Morgan fingerprint density at radius 2 is 2.20 bits per heavy atom. The number of nitrogens with one attached hydrogen (secondary N) is 1. The molecule has 1 aliphatic heterocycles. The third-order valence-electron chi connectivity index (χ3n) is 3.93. The molecule has 4 nitrogen and oxygen atoms in total. The Kier molecular flexibility index (Phi) is 7.21. The van der Waals surface area contributed by atoms with Gasteiger partial charge in [0, 0.05) is 23.8 Å². The van der Waals surface area contributed by atoms with Crippen LogP contribution in [-0.2, 0) is 21.8 Å². The first-order chi connectivity index (χ1) is 12.3. The lowest BCUT2D eigenvalue weighted by molar-refractivity contribution is -0.118. The SMILES string of the molecule is O=C(CSCc1cccs1)NCc1ccc(OC[C@H]2CCCO2)cc1. The molecular weight excluding hydrogens is 354 g/mol. The molecule has 0 radical (unpaired) electrons. The predicted octanol–water partition coefficient (Wildman–Crippen LogP) is 3.86. The summed E-state index contributed by atoms with van der Waals surface area (Å²) in [5, 5.41) is 5.02. The summed E-state index contributed by atoms with van der Waals surface area (Å²) >= 11 is 3.37. The van der Waals surface area contributed by atoms with Gasteiger partial charge in [0.1, 0.15) is 12.4 Å². The molecule has 2 aromatic rings. The Morgan fingerprint density at radius 1 is 1.32 bits per heavy atom. The zero-order valence-corrected chi connectivity index (χ0v) is 15.7. The van der Waals surface area contributed by atoms with Gasteiger partial charge >= 0.3 is 0 Å². The highest BCUT2D eigenvalue weighted by Gasteiger charge is 2.15. The van der Waals surface area contributed by atoms with Crippen LogP contribution in [0.15, 0.2) is 41.8 Å². The molecular formula is C19H23NO3S2. The average molecular weight is 378 g/mol. The highest BCUT2D eigenvalue weighted by atomic mass is 32.2. The Hall–Kier alpha value is -1.50. The normalized spacial score (nSPS) is 16.7. The van der Waals surface area contributed by atoms with Gasteiger partial charge < -0.3 is 14.8 Å². The molecule has 0 aliphatic carbocycles. The van der Waals surface area contributed by atoms with Crippen LogP contribution in [0.5, 0.6) is 5.75 Å². The molecule has 2 heterocycles. The van der Waals surface area contributed by atoms with E-state index >= 15 is 0 Å². The molecule has 25 heavy (non-hydrogen) atoms. The third kappa shape index (κ3) is 6.38. The lowest BCUT2D eigenvalue weighted by Crippen LogP contribution is -2.24. The van der Waals surface area contributed by atoms with E-state index in [0.717, 1.165) is 36.5 Å². The number of thioether (sulfide) groups is 1. The number of carbonyl (C=O) groups is 1. The van der Waals surface area contributed by atoms with Gasteiger partial charge in [0.2, 0.25) is 5.91 Å². The van der Waals surface area contributed by atoms with E-state index < -0.39 is 0 Å². The molecule has 6 heteroatoms. The topological polar surface area (TPSA) is 47.6 Å². The minimum Gasteiger partial charge on any atom is -0.491 e. The van der Waals surface area contributed by atoms with Crippen molar-refractivity contribution >= 4 is 29.0 Å². The first-order valence-corrected chi connectivity index (χ1v) is 10.5. The van der Waals surface area contributed by atoms with Crippen LogP contribution >= 0.6 is 23.1 Å². The predicted molar refractivity (Wildman–Crippen MR) is 103 cm³/mol. The van der Waals surface area contributed by atoms with Crippen LogP contribution in [0, 0.1) is 0 Å². The average Bonchev–Trinajstić information content (AvgIpc) is 3.33. The van der Waals surface area contributed by atoms with Crippen molar-refractivity contribution in [1.82, 2.24) is 5.32 Å². The summed E-state index contributed by atoms with van der Waals surface area (Å²) in [5.41, 5.74) is 1.07. The number of rotatable bonds is 9. The van der Waals surface area contributed by atoms with Gasteiger partial charge in [-0.25, -0.2) is 0 Å². The number of thiophene rings is 1. The number of hydrogen-bond acceptors (Lipinski definition) is 5. The van der Waals surface area contributed by atoms with Crippen LogP contribution in [-0.4, -0.2) is 31.0 Å². The number of amides is 1. The summed E-state index contributed by atoms with van der Waals surface area (Å²) in [7, 11) is 0. The second-order valence-corrected chi connectivity index (χ2v) is 7.96. The molecule has 1 aromatic heterocycles. The summed E-state index contributed by atoms with van der Waals surface area (Å²) in [5.74, 6) is 2.29. The number of hydrogen-bond donors (Lipinski definition) is 1. The van der Waals surface area contributed by atoms with Crippen molar-refractivity contribution in [3.8, 4) is 5.75 Å². The fraction of sp³-hybridized carbons (Fsp3) is 0.421. The van der Waals surface area contributed by atoms with Crippen molar-refractivity contribution in [3.63, 3.8) is 0 Å². The molecule has 0 spiro atoms. The van der Waals surface area contributed by atoms with Crippen LogP contribution in [0.4, 0.5) is 0 Å². The molecule has 134 valence electrons. The lowest BCUT2D eigenvalue weighted by Gasteiger charge is -2.12. The van der Waals surface area contributed by atoms with E-state index in [0.29, 0.717) is 18.9 Å². The first kappa shape index (κ1) is 18.3. The number of carbonyl (C=O) groups excluding carboxylic acids is 1. The second kappa shape index (κ2) is 9.85. The maximum absolute atomic E-state index is 11.9. The molecule has 0 unspecified atom stereocenters. The van der Waals surface area contributed by atoms with Gasteiger partial charge in [0.05, 0.1) is 11.9 Å². The smallest absolute Gasteiger partial charge is 0.230 e. The summed E-state index contributed by atoms with van der Waals surface area (Å²) in [6.45, 7) is 2.00. The maximum atomic E-state index is 11.9. The lowest BCUT2D eigenvalue weighted by atomic mass is 10.2. The van der Waals surface area contributed by atoms with Crippen molar-refractivity contribution in [1.29, 1.82) is 0 Å². The van der Waals surface area contributed by atoms with Crippen LogP contribution in [0.3, 0.4) is 0 Å². The molecule has 0 saturated carbocycles. The van der Waals surface area contributed by atoms with Crippen molar-refractivity contribution < 1.29 is 14.3 Å². The third-order valence-corrected chi connectivity index (χ3v) is 5.97. The molecule has 1 N–H and O–H groups in total. The summed E-state index contributed by atoms with van der Waals surface area (Å²) in [6, 6.07) is 12.0. The number of ether oxygens (including phenoxy) is 2. The quantitative estimate of drug-likeness (QED) is 0.721.